The van der Waals surface area contributed by atoms with Crippen LogP contribution in [-0.2, 0) is 0 Å². The lowest BCUT2D eigenvalue weighted by Gasteiger charge is -2.11. The normalized spacial score (nSPS) is 11.9. The molecule has 14 rings (SSSR count). The van der Waals surface area contributed by atoms with Crippen LogP contribution < -0.4 is 0 Å². The Morgan fingerprint density at radius 1 is 0.328 bits per heavy atom. The molecule has 4 heterocycles. The van der Waals surface area contributed by atoms with Crippen LogP contribution in [-0.4, -0.2) is 19.1 Å². The molecule has 0 bridgehead atoms. The second-order valence-corrected chi connectivity index (χ2v) is 18.4. The number of fused-ring (bicyclic) bond motifs is 11. The van der Waals surface area contributed by atoms with Crippen molar-refractivity contribution in [2.45, 2.75) is 0 Å². The van der Waals surface area contributed by atoms with Gasteiger partial charge in [-0.2, -0.15) is 0 Å². The number of hydrogen-bond donors (Lipinski definition) is 0. The Hall–Kier alpha value is -8.64. The molecule has 14 aromatic rings. The second kappa shape index (κ2) is 15.0. The molecule has 4 aromatic heterocycles. The number of hydrogen-bond acceptors (Lipinski definition) is 3. The minimum atomic E-state index is 0.649. The highest BCUT2D eigenvalue weighted by Gasteiger charge is 2.22. The summed E-state index contributed by atoms with van der Waals surface area (Å²) < 4.78 is 5.77. The maximum Gasteiger partial charge on any atom is 0.235 e. The van der Waals surface area contributed by atoms with Gasteiger partial charge in [0, 0.05) is 37.7 Å². The first kappa shape index (κ1) is 37.7. The van der Waals surface area contributed by atoms with Gasteiger partial charge in [-0.3, -0.25) is 4.57 Å². The summed E-state index contributed by atoms with van der Waals surface area (Å²) in [7, 11) is 0. The van der Waals surface area contributed by atoms with E-state index in [4.69, 9.17) is 9.97 Å². The molecule has 0 saturated carbocycles. The average molecular weight is 871 g/mol. The molecular weight excluding hydrogens is 833 g/mol. The van der Waals surface area contributed by atoms with Crippen LogP contribution >= 0.6 is 11.3 Å². The standard InChI is InChI=1S/C62H38N4S/c1-4-14-39(15-5-1)40-24-26-44(27-25-40)60-61-52(38-57(67-61)43-18-6-2-7-19-43)63-62(64-60)66-53-33-31-45(36-51(53)59-49-23-13-11-17-42(49)30-35-55(59)66)46-28-32-50-56(37-46)65(47-20-8-3-9-21-47)54-34-29-41-16-10-12-22-48(41)58(50)54/h1-38H. The summed E-state index contributed by atoms with van der Waals surface area (Å²) in [5.41, 5.74) is 14.4. The molecule has 0 radical (unpaired) electrons. The molecule has 0 N–H and O–H groups in total. The first-order valence-electron chi connectivity index (χ1n) is 22.7. The highest BCUT2D eigenvalue weighted by Crippen LogP contribution is 2.44. The monoisotopic (exact) mass is 870 g/mol. The molecule has 0 spiro atoms. The van der Waals surface area contributed by atoms with E-state index in [-0.39, 0.29) is 0 Å². The Morgan fingerprint density at radius 3 is 1.58 bits per heavy atom. The van der Waals surface area contributed by atoms with Crippen molar-refractivity contribution >= 4 is 86.7 Å². The van der Waals surface area contributed by atoms with Gasteiger partial charge in [-0.1, -0.05) is 182 Å². The third-order valence-electron chi connectivity index (χ3n) is 13.5. The Kier molecular flexibility index (Phi) is 8.42. The highest BCUT2D eigenvalue weighted by molar-refractivity contribution is 7.22. The van der Waals surface area contributed by atoms with Crippen molar-refractivity contribution in [1.82, 2.24) is 19.1 Å². The van der Waals surface area contributed by atoms with Crippen molar-refractivity contribution in [3.05, 3.63) is 231 Å². The molecule has 0 aliphatic carbocycles. The molecule has 67 heavy (non-hydrogen) atoms. The quantitative estimate of drug-likeness (QED) is 0.167. The summed E-state index contributed by atoms with van der Waals surface area (Å²) in [5.74, 6) is 0.649. The molecule has 4 nitrogen and oxygen atoms in total. The van der Waals surface area contributed by atoms with Gasteiger partial charge in [-0.25, -0.2) is 9.97 Å². The van der Waals surface area contributed by atoms with Crippen LogP contribution in [0.3, 0.4) is 0 Å². The first-order chi connectivity index (χ1) is 33.2. The van der Waals surface area contributed by atoms with Crippen molar-refractivity contribution < 1.29 is 0 Å². The van der Waals surface area contributed by atoms with Crippen molar-refractivity contribution in [1.29, 1.82) is 0 Å². The number of aromatic nitrogens is 4. The van der Waals surface area contributed by atoms with Crippen LogP contribution in [0.15, 0.2) is 231 Å². The van der Waals surface area contributed by atoms with Crippen molar-refractivity contribution in [3.8, 4) is 55.6 Å². The largest absolute Gasteiger partial charge is 0.309 e. The van der Waals surface area contributed by atoms with E-state index in [2.05, 4.69) is 240 Å². The topological polar surface area (TPSA) is 35.6 Å². The van der Waals surface area contributed by atoms with E-state index in [1.54, 1.807) is 11.3 Å². The lowest BCUT2D eigenvalue weighted by molar-refractivity contribution is 1.02. The molecule has 0 aliphatic heterocycles. The summed E-state index contributed by atoms with van der Waals surface area (Å²) in [6.07, 6.45) is 0. The number of nitrogens with zero attached hydrogens (tertiary/aromatic N) is 4. The molecule has 312 valence electrons. The number of rotatable bonds is 6. The van der Waals surface area contributed by atoms with Gasteiger partial charge >= 0.3 is 0 Å². The molecule has 0 atom stereocenters. The van der Waals surface area contributed by atoms with Gasteiger partial charge in [0.15, 0.2) is 0 Å². The molecule has 0 fully saturated rings. The van der Waals surface area contributed by atoms with E-state index >= 15 is 0 Å². The fraction of sp³-hybridized carbons (Fsp3) is 0. The Bertz CT molecular complexity index is 4240. The highest BCUT2D eigenvalue weighted by atomic mass is 32.1. The molecule has 0 aliphatic rings. The van der Waals surface area contributed by atoms with Crippen LogP contribution in [0.2, 0.25) is 0 Å². The average Bonchev–Trinajstić information content (AvgIpc) is 4.09. The minimum absolute atomic E-state index is 0.649. The predicted octanol–water partition coefficient (Wildman–Crippen LogP) is 16.9. The zero-order valence-corrected chi connectivity index (χ0v) is 37.0. The summed E-state index contributed by atoms with van der Waals surface area (Å²) in [6, 6.07) is 83.3. The van der Waals surface area contributed by atoms with Gasteiger partial charge in [0.05, 0.1) is 38.0 Å². The van der Waals surface area contributed by atoms with Gasteiger partial charge in [-0.05, 0) is 97.9 Å². The Balaban J connectivity index is 0.999. The van der Waals surface area contributed by atoms with E-state index in [9.17, 15) is 0 Å². The smallest absolute Gasteiger partial charge is 0.235 e. The van der Waals surface area contributed by atoms with E-state index in [0.717, 1.165) is 54.7 Å². The third kappa shape index (κ3) is 5.99. The minimum Gasteiger partial charge on any atom is -0.309 e. The number of para-hydroxylation sites is 1. The zero-order chi connectivity index (χ0) is 44.0. The summed E-state index contributed by atoms with van der Waals surface area (Å²) in [4.78, 5) is 12.2. The molecule has 5 heteroatoms. The summed E-state index contributed by atoms with van der Waals surface area (Å²) >= 11 is 1.75. The van der Waals surface area contributed by atoms with E-state index in [1.807, 2.05) is 0 Å². The van der Waals surface area contributed by atoms with Crippen molar-refractivity contribution in [2.24, 2.45) is 0 Å². The van der Waals surface area contributed by atoms with Gasteiger partial charge in [0.25, 0.3) is 0 Å². The Morgan fingerprint density at radius 2 is 0.866 bits per heavy atom. The van der Waals surface area contributed by atoms with Gasteiger partial charge < -0.3 is 4.57 Å². The molecule has 10 aromatic carbocycles. The maximum atomic E-state index is 5.56. The lowest BCUT2D eigenvalue weighted by atomic mass is 9.98. The van der Waals surface area contributed by atoms with Gasteiger partial charge in [0.1, 0.15) is 0 Å². The summed E-state index contributed by atoms with van der Waals surface area (Å²) in [6.45, 7) is 0. The van der Waals surface area contributed by atoms with E-state index in [0.29, 0.717) is 5.95 Å². The zero-order valence-electron chi connectivity index (χ0n) is 36.1. The van der Waals surface area contributed by atoms with Crippen LogP contribution in [0.5, 0.6) is 0 Å². The second-order valence-electron chi connectivity index (χ2n) is 17.3. The van der Waals surface area contributed by atoms with Crippen molar-refractivity contribution in [3.63, 3.8) is 0 Å². The number of benzene rings is 10. The molecule has 0 unspecified atom stereocenters. The van der Waals surface area contributed by atoms with E-state index in [1.165, 1.54) is 70.3 Å². The lowest BCUT2D eigenvalue weighted by Crippen LogP contribution is -2.02. The Labute approximate surface area is 389 Å². The van der Waals surface area contributed by atoms with Gasteiger partial charge in [-0.15, -0.1) is 11.3 Å². The van der Waals surface area contributed by atoms with Gasteiger partial charge in [0.2, 0.25) is 5.95 Å². The fourth-order valence-corrected chi connectivity index (χ4v) is 11.5. The maximum absolute atomic E-state index is 5.56. The molecule has 0 amide bonds. The predicted molar refractivity (Wildman–Crippen MR) is 283 cm³/mol. The molecule has 0 saturated heterocycles. The first-order valence-corrected chi connectivity index (χ1v) is 23.5. The fourth-order valence-electron chi connectivity index (χ4n) is 10.4. The number of thiophene rings is 1. The SMILES string of the molecule is c1ccc(-c2ccc(-c3nc(-n4c5ccc(-c6ccc7c8c9ccccc9ccc8n(-c8ccccc8)c7c6)cc5c5c6ccccc6ccc54)nc4cc(-c5ccccc5)sc34)cc2)cc1. The van der Waals surface area contributed by atoms with Crippen LogP contribution in [0.1, 0.15) is 0 Å². The van der Waals surface area contributed by atoms with Crippen LogP contribution in [0.25, 0.3) is 131 Å². The third-order valence-corrected chi connectivity index (χ3v) is 14.7. The van der Waals surface area contributed by atoms with Crippen molar-refractivity contribution in [2.75, 3.05) is 0 Å². The van der Waals surface area contributed by atoms with E-state index < -0.39 is 0 Å². The summed E-state index contributed by atoms with van der Waals surface area (Å²) in [5, 5.41) is 9.77. The van der Waals surface area contributed by atoms with Crippen LogP contribution in [0, 0.1) is 0 Å². The molecular formula is C62H38N4S. The van der Waals surface area contributed by atoms with Crippen LogP contribution in [0.4, 0.5) is 0 Å².